The number of hydrogen-bond acceptors (Lipinski definition) is 2. The molecule has 0 bridgehead atoms. The smallest absolute Gasteiger partial charge is 0.255 e. The Labute approximate surface area is 124 Å². The lowest BCUT2D eigenvalue weighted by Gasteiger charge is -2.10. The third kappa shape index (κ3) is 3.08. The number of rotatable bonds is 2. The molecule has 2 rings (SSSR count). The second kappa shape index (κ2) is 5.63. The van der Waals surface area contributed by atoms with Gasteiger partial charge in [-0.05, 0) is 42.8 Å². The molecular formula is C14H12BrClN2O. The van der Waals surface area contributed by atoms with Crippen LogP contribution in [0.25, 0.3) is 0 Å². The molecule has 19 heavy (non-hydrogen) atoms. The maximum atomic E-state index is 12.1. The number of amides is 1. The molecule has 0 saturated heterocycles. The number of nitrogen functional groups attached to an aromatic ring is 1. The van der Waals surface area contributed by atoms with Crippen molar-refractivity contribution in [2.45, 2.75) is 6.92 Å². The molecule has 0 radical (unpaired) electrons. The van der Waals surface area contributed by atoms with E-state index in [1.54, 1.807) is 18.2 Å². The van der Waals surface area contributed by atoms with Crippen LogP contribution in [0.3, 0.4) is 0 Å². The van der Waals surface area contributed by atoms with Gasteiger partial charge in [0.05, 0.1) is 10.7 Å². The number of anilines is 2. The number of benzene rings is 2. The van der Waals surface area contributed by atoms with Gasteiger partial charge in [0.25, 0.3) is 5.91 Å². The number of halogens is 2. The van der Waals surface area contributed by atoms with Gasteiger partial charge in [-0.2, -0.15) is 0 Å². The summed E-state index contributed by atoms with van der Waals surface area (Å²) >= 11 is 9.25. The van der Waals surface area contributed by atoms with E-state index >= 15 is 0 Å². The normalized spacial score (nSPS) is 10.3. The lowest BCUT2D eigenvalue weighted by Crippen LogP contribution is -2.13. The summed E-state index contributed by atoms with van der Waals surface area (Å²) < 4.78 is 0.945. The molecule has 0 heterocycles. The van der Waals surface area contributed by atoms with Crippen LogP contribution in [0.1, 0.15) is 15.9 Å². The highest BCUT2D eigenvalue weighted by Crippen LogP contribution is 2.25. The predicted octanol–water partition coefficient (Wildman–Crippen LogP) is 4.25. The Kier molecular flexibility index (Phi) is 4.12. The maximum Gasteiger partial charge on any atom is 0.255 e. The average Bonchev–Trinajstić information content (AvgIpc) is 2.38. The van der Waals surface area contributed by atoms with Gasteiger partial charge in [-0.15, -0.1) is 0 Å². The summed E-state index contributed by atoms with van der Waals surface area (Å²) in [5, 5.41) is 3.29. The van der Waals surface area contributed by atoms with Crippen molar-refractivity contribution in [1.29, 1.82) is 0 Å². The first kappa shape index (κ1) is 13.9. The molecular weight excluding hydrogens is 328 g/mol. The summed E-state index contributed by atoms with van der Waals surface area (Å²) in [7, 11) is 0. The lowest BCUT2D eigenvalue weighted by molar-refractivity contribution is 0.102. The quantitative estimate of drug-likeness (QED) is 0.804. The Balaban J connectivity index is 2.26. The highest BCUT2D eigenvalue weighted by atomic mass is 79.9. The highest BCUT2D eigenvalue weighted by Gasteiger charge is 2.10. The molecule has 0 saturated carbocycles. The summed E-state index contributed by atoms with van der Waals surface area (Å²) in [6, 6.07) is 10.4. The zero-order valence-corrected chi connectivity index (χ0v) is 12.5. The minimum Gasteiger partial charge on any atom is -0.398 e. The summed E-state index contributed by atoms with van der Waals surface area (Å²) in [5.41, 5.74) is 8.28. The summed E-state index contributed by atoms with van der Waals surface area (Å²) in [4.78, 5) is 12.1. The minimum absolute atomic E-state index is 0.218. The van der Waals surface area contributed by atoms with Gasteiger partial charge < -0.3 is 11.1 Å². The van der Waals surface area contributed by atoms with Gasteiger partial charge in [-0.3, -0.25) is 4.79 Å². The molecule has 98 valence electrons. The fraction of sp³-hybridized carbons (Fsp3) is 0.0714. The lowest BCUT2D eigenvalue weighted by atomic mass is 10.1. The van der Waals surface area contributed by atoms with E-state index in [1.807, 2.05) is 25.1 Å². The van der Waals surface area contributed by atoms with E-state index in [9.17, 15) is 4.79 Å². The first-order valence-electron chi connectivity index (χ1n) is 5.60. The van der Waals surface area contributed by atoms with Crippen molar-refractivity contribution < 1.29 is 4.79 Å². The Morgan fingerprint density at radius 2 is 2.05 bits per heavy atom. The minimum atomic E-state index is -0.218. The number of carbonyl (C=O) groups is 1. The van der Waals surface area contributed by atoms with Crippen LogP contribution in [0.5, 0.6) is 0 Å². The van der Waals surface area contributed by atoms with Crippen molar-refractivity contribution in [3.8, 4) is 0 Å². The van der Waals surface area contributed by atoms with Gasteiger partial charge in [-0.25, -0.2) is 0 Å². The average molecular weight is 340 g/mol. The van der Waals surface area contributed by atoms with Crippen molar-refractivity contribution in [3.63, 3.8) is 0 Å². The van der Waals surface area contributed by atoms with Crippen LogP contribution in [0, 0.1) is 6.92 Å². The first-order valence-corrected chi connectivity index (χ1v) is 6.77. The number of hydrogen-bond donors (Lipinski definition) is 2. The van der Waals surface area contributed by atoms with Crippen LogP contribution in [0.4, 0.5) is 11.4 Å². The number of nitrogens with two attached hydrogens (primary N) is 1. The van der Waals surface area contributed by atoms with E-state index in [0.29, 0.717) is 16.3 Å². The molecule has 0 unspecified atom stereocenters. The number of nitrogens with one attached hydrogen (secondary N) is 1. The van der Waals surface area contributed by atoms with E-state index in [0.717, 1.165) is 15.7 Å². The van der Waals surface area contributed by atoms with Gasteiger partial charge >= 0.3 is 0 Å². The van der Waals surface area contributed by atoms with Crippen LogP contribution < -0.4 is 11.1 Å². The fourth-order valence-corrected chi connectivity index (χ4v) is 2.11. The Morgan fingerprint density at radius 1 is 1.32 bits per heavy atom. The Hall–Kier alpha value is -1.52. The van der Waals surface area contributed by atoms with Crippen molar-refractivity contribution in [2.75, 3.05) is 11.1 Å². The van der Waals surface area contributed by atoms with Crippen molar-refractivity contribution in [2.24, 2.45) is 0 Å². The summed E-state index contributed by atoms with van der Waals surface area (Å²) in [6.45, 7) is 1.93. The number of carbonyl (C=O) groups excluding carboxylic acids is 1. The molecule has 2 aromatic carbocycles. The third-order valence-electron chi connectivity index (χ3n) is 2.77. The standard InChI is InChI=1S/C14H12BrClN2O/c1-8-10(15)3-2-4-13(8)18-14(19)9-5-6-11(16)12(17)7-9/h2-7H,17H2,1H3,(H,18,19). The van der Waals surface area contributed by atoms with Crippen LogP contribution in [0.15, 0.2) is 40.9 Å². The Bertz CT molecular complexity index is 643. The van der Waals surface area contributed by atoms with E-state index in [2.05, 4.69) is 21.2 Å². The monoisotopic (exact) mass is 338 g/mol. The molecule has 0 fully saturated rings. The topological polar surface area (TPSA) is 55.1 Å². The Morgan fingerprint density at radius 3 is 2.74 bits per heavy atom. The fourth-order valence-electron chi connectivity index (χ4n) is 1.62. The van der Waals surface area contributed by atoms with E-state index in [4.69, 9.17) is 17.3 Å². The molecule has 0 spiro atoms. The molecule has 0 aliphatic rings. The third-order valence-corrected chi connectivity index (χ3v) is 3.98. The molecule has 2 aromatic rings. The van der Waals surface area contributed by atoms with Gasteiger partial charge in [0.2, 0.25) is 0 Å². The summed E-state index contributed by atoms with van der Waals surface area (Å²) in [5.74, 6) is -0.218. The summed E-state index contributed by atoms with van der Waals surface area (Å²) in [6.07, 6.45) is 0. The van der Waals surface area contributed by atoms with Gasteiger partial charge in [-0.1, -0.05) is 33.6 Å². The molecule has 0 aliphatic heterocycles. The van der Waals surface area contributed by atoms with E-state index < -0.39 is 0 Å². The molecule has 0 atom stereocenters. The van der Waals surface area contributed by atoms with E-state index in [-0.39, 0.29) is 5.91 Å². The SMILES string of the molecule is Cc1c(Br)cccc1NC(=O)c1ccc(Cl)c(N)c1. The van der Waals surface area contributed by atoms with Gasteiger partial charge in [0.1, 0.15) is 0 Å². The zero-order valence-electron chi connectivity index (χ0n) is 10.2. The van der Waals surface area contributed by atoms with Crippen LogP contribution in [-0.2, 0) is 0 Å². The van der Waals surface area contributed by atoms with Gasteiger partial charge in [0, 0.05) is 15.7 Å². The molecule has 0 aromatic heterocycles. The van der Waals surface area contributed by atoms with Crippen LogP contribution in [0.2, 0.25) is 5.02 Å². The van der Waals surface area contributed by atoms with E-state index in [1.165, 1.54) is 0 Å². The van der Waals surface area contributed by atoms with Gasteiger partial charge in [0.15, 0.2) is 0 Å². The molecule has 5 heteroatoms. The molecule has 0 aliphatic carbocycles. The molecule has 3 nitrogen and oxygen atoms in total. The van der Waals surface area contributed by atoms with Crippen molar-refractivity contribution >= 4 is 44.8 Å². The first-order chi connectivity index (χ1) is 8.99. The molecule has 3 N–H and O–H groups in total. The van der Waals surface area contributed by atoms with Crippen LogP contribution >= 0.6 is 27.5 Å². The largest absolute Gasteiger partial charge is 0.398 e. The maximum absolute atomic E-state index is 12.1. The second-order valence-electron chi connectivity index (χ2n) is 4.10. The predicted molar refractivity (Wildman–Crippen MR) is 82.7 cm³/mol. The van der Waals surface area contributed by atoms with Crippen molar-refractivity contribution in [1.82, 2.24) is 0 Å². The zero-order chi connectivity index (χ0) is 14.0. The molecule has 1 amide bonds. The second-order valence-corrected chi connectivity index (χ2v) is 5.36. The van der Waals surface area contributed by atoms with Crippen molar-refractivity contribution in [3.05, 3.63) is 57.0 Å². The van der Waals surface area contributed by atoms with Crippen LogP contribution in [-0.4, -0.2) is 5.91 Å². The highest BCUT2D eigenvalue weighted by molar-refractivity contribution is 9.10.